The lowest BCUT2D eigenvalue weighted by atomic mass is 10.0. The number of halogens is 1. The maximum Gasteiger partial charge on any atom is 0.182 e. The Hall–Kier alpha value is -1.61. The minimum Gasteiger partial charge on any atom is -0.364 e. The van der Waals surface area contributed by atoms with E-state index in [1.807, 2.05) is 30.3 Å². The van der Waals surface area contributed by atoms with E-state index in [0.29, 0.717) is 6.54 Å². The molecule has 3 heteroatoms. The molecule has 2 nitrogen and oxygen atoms in total. The van der Waals surface area contributed by atoms with Gasteiger partial charge in [-0.3, -0.25) is 4.79 Å². The average molecular weight is 330 g/mol. The van der Waals surface area contributed by atoms with E-state index in [1.54, 1.807) is 0 Å². The molecular formula is C17H16BrNO. The van der Waals surface area contributed by atoms with Gasteiger partial charge in [-0.2, -0.15) is 0 Å². The minimum atomic E-state index is 0.169. The van der Waals surface area contributed by atoms with E-state index in [4.69, 9.17) is 0 Å². The Morgan fingerprint density at radius 2 is 2.00 bits per heavy atom. The summed E-state index contributed by atoms with van der Waals surface area (Å²) in [6.07, 6.45) is 2.22. The third-order valence-corrected chi connectivity index (χ3v) is 4.18. The Morgan fingerprint density at radius 1 is 1.15 bits per heavy atom. The molecule has 0 aromatic heterocycles. The van der Waals surface area contributed by atoms with Crippen molar-refractivity contribution in [3.05, 3.63) is 64.1 Å². The normalized spacial score (nSPS) is 13.9. The smallest absolute Gasteiger partial charge is 0.182 e. The van der Waals surface area contributed by atoms with E-state index in [9.17, 15) is 4.79 Å². The second-order valence-electron chi connectivity index (χ2n) is 5.09. The number of hydrogen-bond donors (Lipinski definition) is 0. The van der Waals surface area contributed by atoms with Crippen LogP contribution in [-0.4, -0.2) is 18.9 Å². The number of Topliss-reactive ketones (excluding diaryl/α,β-unsaturated/α-hetero) is 1. The second kappa shape index (κ2) is 5.80. The Labute approximate surface area is 127 Å². The molecule has 0 fully saturated rings. The van der Waals surface area contributed by atoms with Gasteiger partial charge < -0.3 is 4.90 Å². The van der Waals surface area contributed by atoms with Gasteiger partial charge in [0.05, 0.1) is 6.54 Å². The summed E-state index contributed by atoms with van der Waals surface area (Å²) in [5, 5.41) is 0. The monoisotopic (exact) mass is 329 g/mol. The van der Waals surface area contributed by atoms with Crippen LogP contribution in [0.5, 0.6) is 0 Å². The molecule has 0 N–H and O–H groups in total. The lowest BCUT2D eigenvalue weighted by Crippen LogP contribution is -2.34. The van der Waals surface area contributed by atoms with Crippen LogP contribution in [-0.2, 0) is 6.42 Å². The van der Waals surface area contributed by atoms with Gasteiger partial charge in [0.15, 0.2) is 5.78 Å². The Balaban J connectivity index is 1.81. The first-order chi connectivity index (χ1) is 9.74. The fraction of sp³-hybridized carbons (Fsp3) is 0.235. The first kappa shape index (κ1) is 13.4. The van der Waals surface area contributed by atoms with Crippen LogP contribution in [0.25, 0.3) is 0 Å². The molecule has 102 valence electrons. The molecule has 0 saturated carbocycles. The van der Waals surface area contributed by atoms with Gasteiger partial charge in [-0.05, 0) is 36.6 Å². The highest BCUT2D eigenvalue weighted by atomic mass is 79.9. The lowest BCUT2D eigenvalue weighted by molar-refractivity contribution is 0.0998. The van der Waals surface area contributed by atoms with Crippen LogP contribution in [0.4, 0.5) is 5.69 Å². The van der Waals surface area contributed by atoms with Gasteiger partial charge in [-0.25, -0.2) is 0 Å². The first-order valence-corrected chi connectivity index (χ1v) is 7.65. The van der Waals surface area contributed by atoms with Crippen LogP contribution < -0.4 is 4.90 Å². The quantitative estimate of drug-likeness (QED) is 0.790. The molecule has 0 saturated heterocycles. The zero-order valence-electron chi connectivity index (χ0n) is 11.2. The predicted molar refractivity (Wildman–Crippen MR) is 85.4 cm³/mol. The number of fused-ring (bicyclic) bond motifs is 1. The summed E-state index contributed by atoms with van der Waals surface area (Å²) in [5.74, 6) is 0.169. The number of anilines is 1. The third-order valence-electron chi connectivity index (χ3n) is 3.69. The first-order valence-electron chi connectivity index (χ1n) is 6.85. The predicted octanol–water partition coefficient (Wildman–Crippen LogP) is 4.08. The molecule has 2 aromatic carbocycles. The van der Waals surface area contributed by atoms with Crippen molar-refractivity contribution in [2.24, 2.45) is 0 Å². The average Bonchev–Trinajstić information content (AvgIpc) is 2.47. The number of carbonyl (C=O) groups excluding carboxylic acids is 1. The van der Waals surface area contributed by atoms with Crippen molar-refractivity contribution >= 4 is 27.4 Å². The molecule has 0 aliphatic carbocycles. The maximum absolute atomic E-state index is 12.4. The molecule has 0 bridgehead atoms. The zero-order chi connectivity index (χ0) is 13.9. The van der Waals surface area contributed by atoms with Crippen LogP contribution in [0.1, 0.15) is 22.3 Å². The molecule has 0 unspecified atom stereocenters. The van der Waals surface area contributed by atoms with Gasteiger partial charge in [0.2, 0.25) is 0 Å². The van der Waals surface area contributed by atoms with E-state index in [1.165, 1.54) is 11.3 Å². The Kier molecular flexibility index (Phi) is 3.88. The molecule has 1 heterocycles. The molecular weight excluding hydrogens is 314 g/mol. The number of aryl methyl sites for hydroxylation is 1. The molecule has 20 heavy (non-hydrogen) atoms. The van der Waals surface area contributed by atoms with Crippen molar-refractivity contribution < 1.29 is 4.79 Å². The highest BCUT2D eigenvalue weighted by Gasteiger charge is 2.19. The van der Waals surface area contributed by atoms with E-state index in [0.717, 1.165) is 29.4 Å². The summed E-state index contributed by atoms with van der Waals surface area (Å²) in [5.41, 5.74) is 3.32. The molecule has 0 amide bonds. The summed E-state index contributed by atoms with van der Waals surface area (Å²) in [6, 6.07) is 16.0. The molecule has 2 aromatic rings. The molecule has 1 aliphatic heterocycles. The van der Waals surface area contributed by atoms with Gasteiger partial charge in [0.1, 0.15) is 0 Å². The van der Waals surface area contributed by atoms with Crippen LogP contribution in [0.3, 0.4) is 0 Å². The number of carbonyl (C=O) groups is 1. The molecule has 0 spiro atoms. The minimum absolute atomic E-state index is 0.169. The molecule has 0 radical (unpaired) electrons. The van der Waals surface area contributed by atoms with Gasteiger partial charge in [-0.1, -0.05) is 46.3 Å². The SMILES string of the molecule is O=C(CN1CCCc2ccccc21)c1cccc(Br)c1. The van der Waals surface area contributed by atoms with Crippen LogP contribution in [0, 0.1) is 0 Å². The summed E-state index contributed by atoms with van der Waals surface area (Å²) >= 11 is 3.42. The van der Waals surface area contributed by atoms with Crippen molar-refractivity contribution in [1.82, 2.24) is 0 Å². The number of benzene rings is 2. The zero-order valence-corrected chi connectivity index (χ0v) is 12.8. The highest BCUT2D eigenvalue weighted by molar-refractivity contribution is 9.10. The van der Waals surface area contributed by atoms with Crippen molar-refractivity contribution in [2.75, 3.05) is 18.0 Å². The van der Waals surface area contributed by atoms with Crippen molar-refractivity contribution in [3.8, 4) is 0 Å². The van der Waals surface area contributed by atoms with Crippen LogP contribution in [0.15, 0.2) is 53.0 Å². The van der Waals surface area contributed by atoms with Gasteiger partial charge >= 0.3 is 0 Å². The van der Waals surface area contributed by atoms with Crippen molar-refractivity contribution in [1.29, 1.82) is 0 Å². The summed E-state index contributed by atoms with van der Waals surface area (Å²) in [6.45, 7) is 1.41. The largest absolute Gasteiger partial charge is 0.364 e. The molecule has 1 aliphatic rings. The summed E-state index contributed by atoms with van der Waals surface area (Å²) < 4.78 is 0.947. The number of rotatable bonds is 3. The van der Waals surface area contributed by atoms with Gasteiger partial charge in [-0.15, -0.1) is 0 Å². The van der Waals surface area contributed by atoms with E-state index < -0.39 is 0 Å². The summed E-state index contributed by atoms with van der Waals surface area (Å²) in [7, 11) is 0. The third kappa shape index (κ3) is 2.78. The Morgan fingerprint density at radius 3 is 2.85 bits per heavy atom. The number of para-hydroxylation sites is 1. The number of ketones is 1. The Bertz CT molecular complexity index is 638. The molecule has 3 rings (SSSR count). The fourth-order valence-corrected chi connectivity index (χ4v) is 3.10. The maximum atomic E-state index is 12.4. The lowest BCUT2D eigenvalue weighted by Gasteiger charge is -2.30. The standard InChI is InChI=1S/C17H16BrNO/c18-15-8-3-6-14(11-15)17(20)12-19-10-4-7-13-5-1-2-9-16(13)19/h1-3,5-6,8-9,11H,4,7,10,12H2. The van der Waals surface area contributed by atoms with E-state index in [2.05, 4.69) is 39.0 Å². The fourth-order valence-electron chi connectivity index (χ4n) is 2.70. The van der Waals surface area contributed by atoms with Crippen LogP contribution in [0.2, 0.25) is 0 Å². The molecule has 0 atom stereocenters. The number of nitrogens with zero attached hydrogens (tertiary/aromatic N) is 1. The number of hydrogen-bond acceptors (Lipinski definition) is 2. The summed E-state index contributed by atoms with van der Waals surface area (Å²) in [4.78, 5) is 14.6. The second-order valence-corrected chi connectivity index (χ2v) is 6.00. The van der Waals surface area contributed by atoms with E-state index >= 15 is 0 Å². The van der Waals surface area contributed by atoms with Crippen molar-refractivity contribution in [3.63, 3.8) is 0 Å². The van der Waals surface area contributed by atoms with E-state index in [-0.39, 0.29) is 5.78 Å². The topological polar surface area (TPSA) is 20.3 Å². The van der Waals surface area contributed by atoms with Gasteiger partial charge in [0, 0.05) is 22.3 Å². The van der Waals surface area contributed by atoms with Crippen LogP contribution >= 0.6 is 15.9 Å². The van der Waals surface area contributed by atoms with Crippen molar-refractivity contribution in [2.45, 2.75) is 12.8 Å². The van der Waals surface area contributed by atoms with Gasteiger partial charge in [0.25, 0.3) is 0 Å². The highest BCUT2D eigenvalue weighted by Crippen LogP contribution is 2.26.